The molecule has 0 aromatic heterocycles. The Hall–Kier alpha value is -1.20. The molecule has 2 aromatic rings. The summed E-state index contributed by atoms with van der Waals surface area (Å²) >= 11 is -0.0350. The van der Waals surface area contributed by atoms with Gasteiger partial charge in [0.1, 0.15) is 0 Å². The molecule has 0 bridgehead atoms. The highest BCUT2D eigenvalue weighted by molar-refractivity contribution is 8.00. The third kappa shape index (κ3) is 3.90. The molecular formula is C15H16F3NS. The summed E-state index contributed by atoms with van der Waals surface area (Å²) in [7, 11) is 3.91. The molecule has 0 radical (unpaired) electrons. The predicted molar refractivity (Wildman–Crippen MR) is 78.1 cm³/mol. The Kier molecular flexibility index (Phi) is 4.60. The first-order valence-corrected chi connectivity index (χ1v) is 7.09. The molecule has 0 heterocycles. The fourth-order valence-corrected chi connectivity index (χ4v) is 2.89. The van der Waals surface area contributed by atoms with Gasteiger partial charge in [-0.25, -0.2) is 0 Å². The van der Waals surface area contributed by atoms with Gasteiger partial charge in [-0.05, 0) is 54.7 Å². The van der Waals surface area contributed by atoms with Gasteiger partial charge in [-0.1, -0.05) is 30.3 Å². The fraction of sp³-hybridized carbons (Fsp3) is 0.333. The average molecular weight is 299 g/mol. The van der Waals surface area contributed by atoms with Crippen LogP contribution in [0.4, 0.5) is 13.2 Å². The molecule has 0 unspecified atom stereocenters. The molecule has 0 saturated carbocycles. The normalized spacial score (nSPS) is 12.3. The van der Waals surface area contributed by atoms with Gasteiger partial charge in [-0.3, -0.25) is 0 Å². The van der Waals surface area contributed by atoms with E-state index in [0.717, 1.165) is 29.3 Å². The minimum Gasteiger partial charge on any atom is -0.309 e. The molecule has 0 N–H and O–H groups in total. The van der Waals surface area contributed by atoms with Gasteiger partial charge in [-0.15, -0.1) is 0 Å². The minimum absolute atomic E-state index is 0.0350. The fourth-order valence-electron chi connectivity index (χ4n) is 2.14. The molecule has 108 valence electrons. The van der Waals surface area contributed by atoms with E-state index in [9.17, 15) is 13.2 Å². The van der Waals surface area contributed by atoms with Crippen LogP contribution in [0.1, 0.15) is 5.56 Å². The molecule has 20 heavy (non-hydrogen) atoms. The van der Waals surface area contributed by atoms with E-state index in [4.69, 9.17) is 0 Å². The van der Waals surface area contributed by atoms with E-state index in [1.807, 2.05) is 43.3 Å². The first kappa shape index (κ1) is 15.2. The Morgan fingerprint density at radius 1 is 1.05 bits per heavy atom. The maximum absolute atomic E-state index is 12.7. The van der Waals surface area contributed by atoms with E-state index in [2.05, 4.69) is 0 Å². The predicted octanol–water partition coefficient (Wildman–Crippen LogP) is 4.56. The Labute approximate surface area is 120 Å². The summed E-state index contributed by atoms with van der Waals surface area (Å²) in [5.74, 6) is 0. The van der Waals surface area contributed by atoms with Gasteiger partial charge < -0.3 is 4.90 Å². The van der Waals surface area contributed by atoms with Crippen LogP contribution in [-0.2, 0) is 6.42 Å². The minimum atomic E-state index is -4.26. The molecule has 0 aliphatic heterocycles. The standard InChI is InChI=1S/C15H16F3NS/c1-19(2)10-9-12-6-3-5-11-7-4-8-13(14(11)12)20-15(16,17)18/h3-8H,9-10H2,1-2H3. The van der Waals surface area contributed by atoms with Gasteiger partial charge in [0.25, 0.3) is 0 Å². The van der Waals surface area contributed by atoms with Crippen LogP contribution in [0.3, 0.4) is 0 Å². The highest BCUT2D eigenvalue weighted by Gasteiger charge is 2.30. The maximum Gasteiger partial charge on any atom is 0.446 e. The van der Waals surface area contributed by atoms with E-state index < -0.39 is 5.51 Å². The zero-order valence-electron chi connectivity index (χ0n) is 11.4. The molecule has 0 aliphatic rings. The van der Waals surface area contributed by atoms with Crippen molar-refractivity contribution in [1.29, 1.82) is 0 Å². The molecular weight excluding hydrogens is 283 g/mol. The largest absolute Gasteiger partial charge is 0.446 e. The third-order valence-corrected chi connectivity index (χ3v) is 3.80. The van der Waals surface area contributed by atoms with Crippen molar-refractivity contribution in [3.63, 3.8) is 0 Å². The van der Waals surface area contributed by atoms with Crippen LogP contribution >= 0.6 is 11.8 Å². The molecule has 0 aliphatic carbocycles. The SMILES string of the molecule is CN(C)CCc1cccc2cccc(SC(F)(F)F)c12. The van der Waals surface area contributed by atoms with Crippen LogP contribution in [-0.4, -0.2) is 31.0 Å². The number of halogens is 3. The van der Waals surface area contributed by atoms with Crippen molar-refractivity contribution in [2.75, 3.05) is 20.6 Å². The Morgan fingerprint density at radius 2 is 1.70 bits per heavy atom. The number of likely N-dealkylation sites (N-methyl/N-ethyl adjacent to an activating group) is 1. The number of hydrogen-bond donors (Lipinski definition) is 0. The highest BCUT2D eigenvalue weighted by atomic mass is 32.2. The molecule has 0 spiro atoms. The van der Waals surface area contributed by atoms with Gasteiger partial charge >= 0.3 is 5.51 Å². The van der Waals surface area contributed by atoms with Gasteiger partial charge in [0, 0.05) is 11.4 Å². The second-order valence-corrected chi connectivity index (χ2v) is 5.98. The lowest BCUT2D eigenvalue weighted by molar-refractivity contribution is -0.0327. The van der Waals surface area contributed by atoms with E-state index in [-0.39, 0.29) is 16.7 Å². The van der Waals surface area contributed by atoms with Crippen molar-refractivity contribution < 1.29 is 13.2 Å². The zero-order chi connectivity index (χ0) is 14.8. The maximum atomic E-state index is 12.7. The second-order valence-electron chi connectivity index (χ2n) is 4.87. The number of nitrogens with zero attached hydrogens (tertiary/aromatic N) is 1. The molecule has 5 heteroatoms. The summed E-state index contributed by atoms with van der Waals surface area (Å²) < 4.78 is 38.0. The number of rotatable bonds is 4. The summed E-state index contributed by atoms with van der Waals surface area (Å²) in [6, 6.07) is 10.7. The number of benzene rings is 2. The third-order valence-electron chi connectivity index (χ3n) is 3.01. The summed E-state index contributed by atoms with van der Waals surface area (Å²) in [4.78, 5) is 2.31. The van der Waals surface area contributed by atoms with Gasteiger partial charge in [0.15, 0.2) is 0 Å². The first-order chi connectivity index (χ1) is 9.37. The number of hydrogen-bond acceptors (Lipinski definition) is 2. The van der Waals surface area contributed by atoms with Crippen LogP contribution in [0.25, 0.3) is 10.8 Å². The number of alkyl halides is 3. The molecule has 2 aromatic carbocycles. The Bertz CT molecular complexity index is 588. The van der Waals surface area contributed by atoms with Crippen LogP contribution in [0.5, 0.6) is 0 Å². The van der Waals surface area contributed by atoms with Crippen LogP contribution < -0.4 is 0 Å². The van der Waals surface area contributed by atoms with Crippen LogP contribution in [0.15, 0.2) is 41.3 Å². The lowest BCUT2D eigenvalue weighted by Crippen LogP contribution is -2.15. The smallest absolute Gasteiger partial charge is 0.309 e. The van der Waals surface area contributed by atoms with Crippen molar-refractivity contribution in [1.82, 2.24) is 4.90 Å². The molecule has 2 rings (SSSR count). The Balaban J connectivity index is 2.46. The molecule has 0 atom stereocenters. The van der Waals surface area contributed by atoms with Crippen molar-refractivity contribution in [2.45, 2.75) is 16.8 Å². The van der Waals surface area contributed by atoms with Crippen molar-refractivity contribution >= 4 is 22.5 Å². The van der Waals surface area contributed by atoms with Crippen molar-refractivity contribution in [3.05, 3.63) is 42.0 Å². The van der Waals surface area contributed by atoms with Crippen molar-refractivity contribution in [3.8, 4) is 0 Å². The summed E-state index contributed by atoms with van der Waals surface area (Å²) in [6.07, 6.45) is 0.736. The molecule has 0 amide bonds. The van der Waals surface area contributed by atoms with E-state index in [0.29, 0.717) is 0 Å². The molecule has 1 nitrogen and oxygen atoms in total. The van der Waals surface area contributed by atoms with Crippen LogP contribution in [0.2, 0.25) is 0 Å². The van der Waals surface area contributed by atoms with Gasteiger partial charge in [0.05, 0.1) is 0 Å². The lowest BCUT2D eigenvalue weighted by atomic mass is 10.0. The first-order valence-electron chi connectivity index (χ1n) is 6.28. The second kappa shape index (κ2) is 6.06. The van der Waals surface area contributed by atoms with E-state index in [1.54, 1.807) is 12.1 Å². The monoisotopic (exact) mass is 299 g/mol. The highest BCUT2D eigenvalue weighted by Crippen LogP contribution is 2.41. The summed E-state index contributed by atoms with van der Waals surface area (Å²) in [5, 5.41) is 1.58. The average Bonchev–Trinajstić information content (AvgIpc) is 2.34. The van der Waals surface area contributed by atoms with Gasteiger partial charge in [-0.2, -0.15) is 13.2 Å². The molecule has 0 fully saturated rings. The topological polar surface area (TPSA) is 3.24 Å². The molecule has 0 saturated heterocycles. The van der Waals surface area contributed by atoms with Crippen LogP contribution in [0, 0.1) is 0 Å². The zero-order valence-corrected chi connectivity index (χ0v) is 12.2. The lowest BCUT2D eigenvalue weighted by Gasteiger charge is -2.14. The van der Waals surface area contributed by atoms with Gasteiger partial charge in [0.2, 0.25) is 0 Å². The Morgan fingerprint density at radius 3 is 2.30 bits per heavy atom. The summed E-state index contributed by atoms with van der Waals surface area (Å²) in [5.41, 5.74) is -3.30. The van der Waals surface area contributed by atoms with E-state index in [1.165, 1.54) is 0 Å². The number of fused-ring (bicyclic) bond motifs is 1. The summed E-state index contributed by atoms with van der Waals surface area (Å²) in [6.45, 7) is 0.810. The number of thioether (sulfide) groups is 1. The van der Waals surface area contributed by atoms with Crippen molar-refractivity contribution in [2.24, 2.45) is 0 Å². The van der Waals surface area contributed by atoms with E-state index >= 15 is 0 Å². The quantitative estimate of drug-likeness (QED) is 0.762.